The fourth-order valence-corrected chi connectivity index (χ4v) is 4.33. The van der Waals surface area contributed by atoms with E-state index in [0.29, 0.717) is 34.5 Å². The molecule has 4 rings (SSSR count). The van der Waals surface area contributed by atoms with E-state index in [-0.39, 0.29) is 29.8 Å². The second-order valence-corrected chi connectivity index (χ2v) is 7.81. The number of hydrogen-bond donors (Lipinski definition) is 2. The molecule has 0 unspecified atom stereocenters. The van der Waals surface area contributed by atoms with Crippen LogP contribution in [0.3, 0.4) is 0 Å². The van der Waals surface area contributed by atoms with E-state index in [2.05, 4.69) is 6.07 Å². The lowest BCUT2D eigenvalue weighted by molar-refractivity contribution is 0.464. The average Bonchev–Trinajstić information content (AvgIpc) is 3.38. The molecule has 0 spiro atoms. The number of anilines is 1. The number of benzene rings is 1. The zero-order chi connectivity index (χ0) is 20.2. The van der Waals surface area contributed by atoms with Gasteiger partial charge in [0, 0.05) is 30.7 Å². The van der Waals surface area contributed by atoms with Gasteiger partial charge in [-0.3, -0.25) is 9.36 Å². The number of nitrogens with two attached hydrogens (primary N) is 2. The van der Waals surface area contributed by atoms with Crippen molar-refractivity contribution in [3.05, 3.63) is 38.3 Å². The summed E-state index contributed by atoms with van der Waals surface area (Å²) in [5.41, 5.74) is 6.22. The van der Waals surface area contributed by atoms with Crippen molar-refractivity contribution in [1.82, 2.24) is 9.24 Å². The molecule has 0 amide bonds. The summed E-state index contributed by atoms with van der Waals surface area (Å²) in [7, 11) is 0. The number of aryl methyl sites for hydroxylation is 1. The number of nitriles is 1. The van der Waals surface area contributed by atoms with Gasteiger partial charge in [-0.05, 0) is 38.2 Å². The van der Waals surface area contributed by atoms with Gasteiger partial charge in [-0.25, -0.2) is 9.18 Å². The van der Waals surface area contributed by atoms with E-state index >= 15 is 4.39 Å². The zero-order valence-corrected chi connectivity index (χ0v) is 15.7. The first-order chi connectivity index (χ1) is 13.3. The minimum Gasteiger partial charge on any atom is -0.369 e. The lowest BCUT2D eigenvalue weighted by Gasteiger charge is -2.25. The molecule has 28 heavy (non-hydrogen) atoms. The maximum atomic E-state index is 15.1. The molecule has 8 nitrogen and oxygen atoms in total. The summed E-state index contributed by atoms with van der Waals surface area (Å²) in [6, 6.07) is 3.00. The molecule has 2 fully saturated rings. The number of rotatable bonds is 4. The normalized spacial score (nSPS) is 20.5. The number of hydrogen-bond acceptors (Lipinski definition) is 6. The van der Waals surface area contributed by atoms with Gasteiger partial charge in [0.1, 0.15) is 5.82 Å². The van der Waals surface area contributed by atoms with Crippen LogP contribution in [0.2, 0.25) is 0 Å². The predicted octanol–water partition coefficient (Wildman–Crippen LogP) is 0.727. The summed E-state index contributed by atoms with van der Waals surface area (Å²) < 4.78 is 17.2. The van der Waals surface area contributed by atoms with Gasteiger partial charge in [-0.1, -0.05) is 0 Å². The van der Waals surface area contributed by atoms with Crippen molar-refractivity contribution in [1.29, 1.82) is 5.26 Å². The lowest BCUT2D eigenvalue weighted by Crippen LogP contribution is -2.44. The summed E-state index contributed by atoms with van der Waals surface area (Å²) >= 11 is 0. The Labute approximate surface area is 160 Å². The van der Waals surface area contributed by atoms with E-state index in [1.807, 2.05) is 4.90 Å². The number of fused-ring (bicyclic) bond motifs is 1. The van der Waals surface area contributed by atoms with E-state index < -0.39 is 17.1 Å². The van der Waals surface area contributed by atoms with Gasteiger partial charge in [0.2, 0.25) is 0 Å². The minimum atomic E-state index is -0.694. The van der Waals surface area contributed by atoms with Gasteiger partial charge in [0.05, 0.1) is 29.1 Å². The average molecular weight is 386 g/mol. The maximum absolute atomic E-state index is 15.1. The third kappa shape index (κ3) is 2.76. The Bertz CT molecular complexity index is 1110. The first-order valence-corrected chi connectivity index (χ1v) is 9.48. The van der Waals surface area contributed by atoms with Crippen molar-refractivity contribution < 1.29 is 4.39 Å². The fraction of sp³-hybridized carbons (Fsp3) is 0.526. The molecular weight excluding hydrogens is 363 g/mol. The molecule has 148 valence electrons. The van der Waals surface area contributed by atoms with Crippen LogP contribution in [0.25, 0.3) is 10.9 Å². The van der Waals surface area contributed by atoms with Crippen molar-refractivity contribution in [2.45, 2.75) is 44.7 Å². The molecular formula is C19H23FN6O2. The van der Waals surface area contributed by atoms with Crippen LogP contribution in [0.15, 0.2) is 15.7 Å². The van der Waals surface area contributed by atoms with Crippen LogP contribution >= 0.6 is 0 Å². The van der Waals surface area contributed by atoms with Crippen LogP contribution in [0.1, 0.15) is 37.3 Å². The van der Waals surface area contributed by atoms with E-state index in [9.17, 15) is 9.59 Å². The van der Waals surface area contributed by atoms with Crippen LogP contribution in [0, 0.1) is 30.0 Å². The van der Waals surface area contributed by atoms with Crippen molar-refractivity contribution in [3.63, 3.8) is 0 Å². The molecule has 1 aromatic carbocycles. The van der Waals surface area contributed by atoms with E-state index in [4.69, 9.17) is 16.8 Å². The summed E-state index contributed by atoms with van der Waals surface area (Å²) in [5, 5.41) is 8.99. The van der Waals surface area contributed by atoms with Crippen LogP contribution in [0.4, 0.5) is 10.1 Å². The summed E-state index contributed by atoms with van der Waals surface area (Å²) in [5.74, 6) is 5.23. The minimum absolute atomic E-state index is 0.0159. The zero-order valence-electron chi connectivity index (χ0n) is 15.7. The number of halogens is 1. The Balaban J connectivity index is 1.87. The van der Waals surface area contributed by atoms with Gasteiger partial charge >= 0.3 is 5.69 Å². The van der Waals surface area contributed by atoms with Crippen molar-refractivity contribution in [3.8, 4) is 6.07 Å². The van der Waals surface area contributed by atoms with Gasteiger partial charge in [-0.15, -0.1) is 0 Å². The predicted molar refractivity (Wildman–Crippen MR) is 104 cm³/mol. The van der Waals surface area contributed by atoms with Crippen LogP contribution in [0.5, 0.6) is 0 Å². The van der Waals surface area contributed by atoms with Crippen molar-refractivity contribution in [2.75, 3.05) is 23.8 Å². The molecule has 0 radical (unpaired) electrons. The number of aromatic nitrogens is 2. The van der Waals surface area contributed by atoms with Crippen LogP contribution < -0.4 is 27.7 Å². The van der Waals surface area contributed by atoms with E-state index in [1.54, 1.807) is 6.92 Å². The quantitative estimate of drug-likeness (QED) is 0.747. The summed E-state index contributed by atoms with van der Waals surface area (Å²) in [6.07, 6.45) is 2.68. The second kappa shape index (κ2) is 6.63. The van der Waals surface area contributed by atoms with Gasteiger partial charge < -0.3 is 16.5 Å². The monoisotopic (exact) mass is 386 g/mol. The largest absolute Gasteiger partial charge is 0.369 e. The van der Waals surface area contributed by atoms with Crippen molar-refractivity contribution in [2.24, 2.45) is 11.7 Å². The van der Waals surface area contributed by atoms with Crippen LogP contribution in [-0.4, -0.2) is 28.4 Å². The molecule has 1 aromatic heterocycles. The van der Waals surface area contributed by atoms with Gasteiger partial charge in [0.25, 0.3) is 5.56 Å². The molecule has 1 aliphatic heterocycles. The molecule has 2 atom stereocenters. The first-order valence-electron chi connectivity index (χ1n) is 9.48. The second-order valence-electron chi connectivity index (χ2n) is 7.81. The topological polar surface area (TPSA) is 123 Å². The highest BCUT2D eigenvalue weighted by atomic mass is 19.1. The Hall–Kier alpha value is -2.86. The van der Waals surface area contributed by atoms with Gasteiger partial charge in [-0.2, -0.15) is 9.94 Å². The third-order valence-corrected chi connectivity index (χ3v) is 5.95. The lowest BCUT2D eigenvalue weighted by atomic mass is 9.97. The Kier molecular flexibility index (Phi) is 4.38. The molecule has 1 aliphatic carbocycles. The summed E-state index contributed by atoms with van der Waals surface area (Å²) in [6.45, 7) is 2.88. The summed E-state index contributed by atoms with van der Waals surface area (Å²) in [4.78, 5) is 27.0. The van der Waals surface area contributed by atoms with E-state index in [1.165, 1.54) is 10.6 Å². The Morgan fingerprint density at radius 3 is 2.71 bits per heavy atom. The molecule has 2 aliphatic rings. The Morgan fingerprint density at radius 1 is 1.36 bits per heavy atom. The Morgan fingerprint density at radius 2 is 2.07 bits per heavy atom. The molecule has 2 heterocycles. The molecule has 0 bridgehead atoms. The molecule has 2 aromatic rings. The van der Waals surface area contributed by atoms with Gasteiger partial charge in [0.15, 0.2) is 0 Å². The van der Waals surface area contributed by atoms with Crippen LogP contribution in [-0.2, 0) is 0 Å². The highest BCUT2D eigenvalue weighted by molar-refractivity contribution is 5.87. The molecule has 4 N–H and O–H groups in total. The SMILES string of the molecule is Cc1c(N2CC[C@H]([C@H](N)CC#N)C2)c(F)cc2c(=O)n(N)c(=O)n(C3CC3)c12. The highest BCUT2D eigenvalue weighted by Crippen LogP contribution is 2.39. The fourth-order valence-electron chi connectivity index (χ4n) is 4.33. The number of nitrogen functional groups attached to an aromatic ring is 1. The maximum Gasteiger partial charge on any atom is 0.350 e. The van der Waals surface area contributed by atoms with E-state index in [0.717, 1.165) is 19.3 Å². The molecule has 9 heteroatoms. The highest BCUT2D eigenvalue weighted by Gasteiger charge is 2.33. The third-order valence-electron chi connectivity index (χ3n) is 5.95. The standard InChI is InChI=1S/C19H23FN6O2/c1-10-16-13(18(27)26(23)19(28)25(16)12-2-3-12)8-14(20)17(10)24-7-5-11(9-24)15(22)4-6-21/h8,11-12,15H,2-5,7,9,22-23H2,1H3/t11-,15+/m0/s1. The molecule has 1 saturated heterocycles. The van der Waals surface area contributed by atoms with Crippen molar-refractivity contribution >= 4 is 16.6 Å². The first kappa shape index (κ1) is 18.5. The molecule has 1 saturated carbocycles. The smallest absolute Gasteiger partial charge is 0.350 e. The number of nitrogens with zero attached hydrogens (tertiary/aromatic N) is 4.